The summed E-state index contributed by atoms with van der Waals surface area (Å²) in [6.45, 7) is 10.3. The van der Waals surface area contributed by atoms with Crippen molar-refractivity contribution in [3.05, 3.63) is 39.7 Å². The first kappa shape index (κ1) is 18.0. The number of likely N-dealkylation sites (tertiary alicyclic amines) is 1. The number of piperidine rings is 1. The summed E-state index contributed by atoms with van der Waals surface area (Å²) in [5, 5.41) is 0.749. The third-order valence-electron chi connectivity index (χ3n) is 5.34. The first-order valence-electron chi connectivity index (χ1n) is 9.70. The molecule has 0 saturated carbocycles. The second kappa shape index (κ2) is 8.05. The van der Waals surface area contributed by atoms with E-state index in [9.17, 15) is 4.79 Å². The van der Waals surface area contributed by atoms with Crippen molar-refractivity contribution < 1.29 is 9.64 Å². The molecule has 4 nitrogen and oxygen atoms in total. The molecule has 2 heterocycles. The van der Waals surface area contributed by atoms with Crippen LogP contribution in [0.15, 0.2) is 23.0 Å². The Labute approximate surface area is 150 Å². The van der Waals surface area contributed by atoms with Gasteiger partial charge in [0.25, 0.3) is 0 Å². The van der Waals surface area contributed by atoms with Crippen LogP contribution in [0.5, 0.6) is 5.75 Å². The van der Waals surface area contributed by atoms with Gasteiger partial charge in [-0.2, -0.15) is 0 Å². The highest BCUT2D eigenvalue weighted by Crippen LogP contribution is 2.19. The molecular weight excluding hydrogens is 312 g/mol. The van der Waals surface area contributed by atoms with Gasteiger partial charge < -0.3 is 14.6 Å². The van der Waals surface area contributed by atoms with Gasteiger partial charge in [-0.15, -0.1) is 0 Å². The Morgan fingerprint density at radius 3 is 2.96 bits per heavy atom. The number of benzene rings is 1. The van der Waals surface area contributed by atoms with Crippen molar-refractivity contribution in [2.24, 2.45) is 5.92 Å². The molecule has 0 spiro atoms. The second-order valence-electron chi connectivity index (χ2n) is 7.60. The molecule has 1 aromatic carbocycles. The van der Waals surface area contributed by atoms with Gasteiger partial charge in [0, 0.05) is 22.5 Å². The predicted molar refractivity (Wildman–Crippen MR) is 103 cm³/mol. The number of ether oxygens (including phenoxy) is 1. The first-order valence-corrected chi connectivity index (χ1v) is 9.70. The summed E-state index contributed by atoms with van der Waals surface area (Å²) in [6, 6.07) is 5.82. The highest BCUT2D eigenvalue weighted by molar-refractivity contribution is 5.81. The number of pyridine rings is 1. The average molecular weight is 343 g/mol. The molecule has 3 rings (SSSR count). The number of aryl methyl sites for hydroxylation is 1. The van der Waals surface area contributed by atoms with Crippen LogP contribution in [0.2, 0.25) is 0 Å². The monoisotopic (exact) mass is 343 g/mol. The van der Waals surface area contributed by atoms with Crippen LogP contribution < -0.4 is 15.1 Å². The normalized spacial score (nSPS) is 20.8. The summed E-state index contributed by atoms with van der Waals surface area (Å²) < 4.78 is 5.79. The molecule has 2 N–H and O–H groups in total. The summed E-state index contributed by atoms with van der Waals surface area (Å²) >= 11 is 0. The van der Waals surface area contributed by atoms with Crippen molar-refractivity contribution in [1.82, 2.24) is 4.98 Å². The lowest BCUT2D eigenvalue weighted by Crippen LogP contribution is -3.12. The molecule has 0 amide bonds. The minimum atomic E-state index is 0.165. The molecule has 1 fully saturated rings. The lowest BCUT2D eigenvalue weighted by Gasteiger charge is -2.28. The number of aromatic nitrogens is 1. The molecule has 0 radical (unpaired) electrons. The molecule has 1 aromatic heterocycles. The van der Waals surface area contributed by atoms with Crippen molar-refractivity contribution in [2.45, 2.75) is 53.0 Å². The SMILES string of the molecule is CCCCOc1ccc2[nH]c(C)c(C[NH+]3CCC[C@H](C)C3)c(=O)c2c1. The zero-order valence-electron chi connectivity index (χ0n) is 15.8. The molecule has 2 atom stereocenters. The van der Waals surface area contributed by atoms with Crippen LogP contribution in [0, 0.1) is 12.8 Å². The molecule has 25 heavy (non-hydrogen) atoms. The van der Waals surface area contributed by atoms with E-state index < -0.39 is 0 Å². The maximum absolute atomic E-state index is 13.1. The Bertz CT molecular complexity index is 781. The Morgan fingerprint density at radius 1 is 1.36 bits per heavy atom. The second-order valence-corrected chi connectivity index (χ2v) is 7.60. The standard InChI is InChI=1S/C21H30N2O2/c1-4-5-11-25-17-8-9-20-18(12-17)21(24)19(16(3)22-20)14-23-10-6-7-15(2)13-23/h8-9,12,15H,4-7,10-11,13-14H2,1-3H3,(H,22,24)/p+1/t15-/m0/s1. The zero-order chi connectivity index (χ0) is 17.8. The molecule has 136 valence electrons. The molecule has 1 aliphatic heterocycles. The van der Waals surface area contributed by atoms with Gasteiger partial charge >= 0.3 is 0 Å². The third kappa shape index (κ3) is 4.24. The van der Waals surface area contributed by atoms with Crippen LogP contribution in [0.3, 0.4) is 0 Å². The van der Waals surface area contributed by atoms with E-state index in [2.05, 4.69) is 18.8 Å². The van der Waals surface area contributed by atoms with Gasteiger partial charge in [-0.25, -0.2) is 0 Å². The molecule has 0 aliphatic carbocycles. The van der Waals surface area contributed by atoms with Crippen molar-refractivity contribution in [1.29, 1.82) is 0 Å². The quantitative estimate of drug-likeness (QED) is 0.792. The van der Waals surface area contributed by atoms with Crippen LogP contribution >= 0.6 is 0 Å². The minimum Gasteiger partial charge on any atom is -0.494 e. The maximum Gasteiger partial charge on any atom is 0.198 e. The Kier molecular flexibility index (Phi) is 5.79. The highest BCUT2D eigenvalue weighted by Gasteiger charge is 2.22. The molecule has 4 heteroatoms. The number of nitrogens with one attached hydrogen (secondary N) is 2. The fourth-order valence-corrected chi connectivity index (χ4v) is 3.88. The van der Waals surface area contributed by atoms with Gasteiger partial charge in [0.05, 0.1) is 25.3 Å². The van der Waals surface area contributed by atoms with Crippen molar-refractivity contribution in [3.8, 4) is 5.75 Å². The highest BCUT2D eigenvalue weighted by atomic mass is 16.5. The van der Waals surface area contributed by atoms with E-state index in [4.69, 9.17) is 4.74 Å². The molecule has 2 aromatic rings. The number of hydrogen-bond acceptors (Lipinski definition) is 2. The van der Waals surface area contributed by atoms with Crippen LogP contribution in [0.25, 0.3) is 10.9 Å². The fourth-order valence-electron chi connectivity index (χ4n) is 3.88. The Balaban J connectivity index is 1.88. The van der Waals surface area contributed by atoms with Gasteiger partial charge in [0.1, 0.15) is 12.3 Å². The molecule has 1 aliphatic rings. The van der Waals surface area contributed by atoms with Gasteiger partial charge in [-0.05, 0) is 44.4 Å². The Morgan fingerprint density at radius 2 is 2.20 bits per heavy atom. The zero-order valence-corrected chi connectivity index (χ0v) is 15.8. The summed E-state index contributed by atoms with van der Waals surface area (Å²) in [4.78, 5) is 18.1. The number of unbranched alkanes of at least 4 members (excludes halogenated alkanes) is 1. The molecular formula is C21H31N2O2+. The van der Waals surface area contributed by atoms with Gasteiger partial charge in [0.2, 0.25) is 0 Å². The smallest absolute Gasteiger partial charge is 0.198 e. The average Bonchev–Trinajstić information content (AvgIpc) is 2.59. The van der Waals surface area contributed by atoms with E-state index in [1.807, 2.05) is 25.1 Å². The molecule has 1 saturated heterocycles. The summed E-state index contributed by atoms with van der Waals surface area (Å²) in [5.41, 5.74) is 3.00. The fraction of sp³-hybridized carbons (Fsp3) is 0.571. The van der Waals surface area contributed by atoms with Crippen LogP contribution in [-0.4, -0.2) is 24.7 Å². The van der Waals surface area contributed by atoms with E-state index in [0.717, 1.165) is 59.8 Å². The predicted octanol–water partition coefficient (Wildman–Crippen LogP) is 2.83. The van der Waals surface area contributed by atoms with Crippen molar-refractivity contribution >= 4 is 10.9 Å². The van der Waals surface area contributed by atoms with Crippen molar-refractivity contribution in [3.63, 3.8) is 0 Å². The lowest BCUT2D eigenvalue weighted by molar-refractivity contribution is -0.922. The van der Waals surface area contributed by atoms with E-state index in [1.165, 1.54) is 24.3 Å². The number of H-pyrrole nitrogens is 1. The van der Waals surface area contributed by atoms with Gasteiger partial charge in [-0.3, -0.25) is 4.79 Å². The topological polar surface area (TPSA) is 46.5 Å². The minimum absolute atomic E-state index is 0.165. The van der Waals surface area contributed by atoms with E-state index in [1.54, 1.807) is 0 Å². The van der Waals surface area contributed by atoms with Gasteiger partial charge in [-0.1, -0.05) is 20.3 Å². The Hall–Kier alpha value is -1.81. The van der Waals surface area contributed by atoms with Gasteiger partial charge in [0.15, 0.2) is 5.43 Å². The van der Waals surface area contributed by atoms with Crippen LogP contribution in [0.1, 0.15) is 50.8 Å². The number of rotatable bonds is 6. The van der Waals surface area contributed by atoms with E-state index in [-0.39, 0.29) is 5.43 Å². The summed E-state index contributed by atoms with van der Waals surface area (Å²) in [6.07, 6.45) is 4.71. The summed E-state index contributed by atoms with van der Waals surface area (Å²) in [5.74, 6) is 1.54. The summed E-state index contributed by atoms with van der Waals surface area (Å²) in [7, 11) is 0. The van der Waals surface area contributed by atoms with Crippen LogP contribution in [0.4, 0.5) is 0 Å². The van der Waals surface area contributed by atoms with E-state index >= 15 is 0 Å². The molecule has 1 unspecified atom stereocenters. The molecule has 0 bridgehead atoms. The first-order chi connectivity index (χ1) is 12.1. The lowest BCUT2D eigenvalue weighted by atomic mass is 9.99. The number of quaternary nitrogens is 1. The maximum atomic E-state index is 13.1. The van der Waals surface area contributed by atoms with Crippen molar-refractivity contribution in [2.75, 3.05) is 19.7 Å². The van der Waals surface area contributed by atoms with Crippen LogP contribution in [-0.2, 0) is 6.54 Å². The largest absolute Gasteiger partial charge is 0.494 e. The third-order valence-corrected chi connectivity index (χ3v) is 5.34. The number of aromatic amines is 1. The number of fused-ring (bicyclic) bond motifs is 1. The van der Waals surface area contributed by atoms with E-state index in [0.29, 0.717) is 6.61 Å². The number of hydrogen-bond donors (Lipinski definition) is 2.